The number of hydrazone groups is 1. The highest BCUT2D eigenvalue weighted by molar-refractivity contribution is 6.75. The van der Waals surface area contributed by atoms with Crippen LogP contribution in [0.15, 0.2) is 5.10 Å². The smallest absolute Gasteiger partial charge is 0.298 e. The van der Waals surface area contributed by atoms with Gasteiger partial charge in [0.05, 0.1) is 0 Å². The third-order valence-electron chi connectivity index (χ3n) is 2.04. The van der Waals surface area contributed by atoms with Crippen molar-refractivity contribution in [3.05, 3.63) is 0 Å². The van der Waals surface area contributed by atoms with Crippen molar-refractivity contribution < 1.29 is 22.0 Å². The molecule has 1 unspecified atom stereocenters. The lowest BCUT2D eigenvalue weighted by Gasteiger charge is -2.41. The van der Waals surface area contributed by atoms with Crippen LogP contribution in [0.25, 0.3) is 0 Å². The maximum Gasteiger partial charge on any atom is 0.457 e. The molecule has 1 heterocycles. The maximum absolute atomic E-state index is 13.2. The van der Waals surface area contributed by atoms with Gasteiger partial charge in [-0.2, -0.15) is 27.1 Å². The monoisotopic (exact) mass is 387 g/mol. The Hall–Kier alpha value is 0.370. The van der Waals surface area contributed by atoms with Crippen LogP contribution < -0.4 is 5.43 Å². The molecule has 0 amide bonds. The predicted octanol–water partition coefficient (Wildman–Crippen LogP) is 3.86. The van der Waals surface area contributed by atoms with Gasteiger partial charge in [0.25, 0.3) is 0 Å². The zero-order valence-corrected chi connectivity index (χ0v) is 12.1. The maximum atomic E-state index is 13.2. The number of rotatable bonds is 2. The highest BCUT2D eigenvalue weighted by Crippen LogP contribution is 2.51. The van der Waals surface area contributed by atoms with E-state index in [4.69, 9.17) is 58.0 Å². The van der Waals surface area contributed by atoms with Crippen molar-refractivity contribution in [3.63, 3.8) is 0 Å². The number of nitrogens with one attached hydrogen (secondary N) is 1. The first-order valence-corrected chi connectivity index (χ1v) is 6.08. The fourth-order valence-corrected chi connectivity index (χ4v) is 1.66. The van der Waals surface area contributed by atoms with Gasteiger partial charge < -0.3 is 0 Å². The summed E-state index contributed by atoms with van der Waals surface area (Å²) in [5.74, 6) is -5.24. The highest BCUT2D eigenvalue weighted by Gasteiger charge is 2.68. The summed E-state index contributed by atoms with van der Waals surface area (Å²) in [5.41, 5.74) is 1.51. The van der Waals surface area contributed by atoms with Crippen LogP contribution in [-0.4, -0.2) is 37.8 Å². The summed E-state index contributed by atoms with van der Waals surface area (Å²) in [6.45, 7) is 0. The van der Waals surface area contributed by atoms with Crippen molar-refractivity contribution >= 4 is 64.3 Å². The molecule has 112 valence electrons. The Bertz CT molecular complexity index is 378. The molecule has 1 N–H and O–H groups in total. The normalized spacial score (nSPS) is 21.8. The second kappa shape index (κ2) is 4.98. The van der Waals surface area contributed by atoms with Crippen molar-refractivity contribution in [2.45, 2.75) is 26.5 Å². The molecule has 0 bridgehead atoms. The van der Waals surface area contributed by atoms with Crippen LogP contribution >= 0.6 is 58.0 Å². The van der Waals surface area contributed by atoms with Crippen LogP contribution in [0.4, 0.5) is 22.0 Å². The SMILES string of the molecule is FC(F)(F)C(F)(F)C1NN=CN1C(Cl)(Cl)C(Cl)(Cl)Cl. The minimum atomic E-state index is -5.88. The fourth-order valence-electron chi connectivity index (χ4n) is 1.09. The van der Waals surface area contributed by atoms with Crippen molar-refractivity contribution in [2.24, 2.45) is 5.10 Å². The lowest BCUT2D eigenvalue weighted by molar-refractivity contribution is -0.302. The van der Waals surface area contributed by atoms with Crippen LogP contribution in [-0.2, 0) is 0 Å². The molecular weight excluding hydrogens is 386 g/mol. The zero-order valence-electron chi connectivity index (χ0n) is 8.33. The molecule has 0 saturated heterocycles. The molecule has 0 spiro atoms. The van der Waals surface area contributed by atoms with Gasteiger partial charge in [-0.05, 0) is 0 Å². The Kier molecular flexibility index (Phi) is 4.56. The third-order valence-corrected chi connectivity index (χ3v) is 4.40. The Morgan fingerprint density at radius 3 is 1.84 bits per heavy atom. The minimum absolute atomic E-state index is 0.0661. The quantitative estimate of drug-likeness (QED) is 0.441. The van der Waals surface area contributed by atoms with E-state index in [9.17, 15) is 22.0 Å². The molecule has 1 rings (SSSR count). The van der Waals surface area contributed by atoms with Crippen LogP contribution in [0.3, 0.4) is 0 Å². The van der Waals surface area contributed by atoms with Gasteiger partial charge in [-0.1, -0.05) is 58.0 Å². The Morgan fingerprint density at radius 2 is 1.47 bits per heavy atom. The Morgan fingerprint density at radius 1 is 1.00 bits per heavy atom. The van der Waals surface area contributed by atoms with Gasteiger partial charge in [-0.25, -0.2) is 0 Å². The molecule has 1 aliphatic heterocycles. The largest absolute Gasteiger partial charge is 0.457 e. The molecule has 0 saturated carbocycles. The summed E-state index contributed by atoms with van der Waals surface area (Å²) in [7, 11) is 0. The van der Waals surface area contributed by atoms with E-state index in [1.807, 2.05) is 0 Å². The highest BCUT2D eigenvalue weighted by atomic mass is 35.6. The molecule has 0 fully saturated rings. The summed E-state index contributed by atoms with van der Waals surface area (Å²) in [5, 5.41) is 3.03. The summed E-state index contributed by atoms with van der Waals surface area (Å²) < 4.78 is 58.1. The first-order valence-electron chi connectivity index (χ1n) is 4.19. The summed E-state index contributed by atoms with van der Waals surface area (Å²) >= 11 is 27.1. The van der Waals surface area contributed by atoms with E-state index < -0.39 is 26.5 Å². The number of hydrogen-bond acceptors (Lipinski definition) is 3. The molecule has 0 aromatic rings. The van der Waals surface area contributed by atoms with Crippen LogP contribution in [0.5, 0.6) is 0 Å². The topological polar surface area (TPSA) is 27.6 Å². The number of halogens is 10. The first-order chi connectivity index (χ1) is 8.23. The first kappa shape index (κ1) is 17.4. The molecular formula is C6H3Cl5F5N3. The standard InChI is InChI=1S/C6H3Cl5F5N3/c7-4(8,9)5(10,11)19-1-17-18-2(19)3(12,13)6(14,15)16/h1-2,18H. The van der Waals surface area contributed by atoms with Crippen molar-refractivity contribution in [2.75, 3.05) is 0 Å². The summed E-state index contributed by atoms with van der Waals surface area (Å²) in [6, 6.07) is 0. The van der Waals surface area contributed by atoms with Gasteiger partial charge in [-0.3, -0.25) is 10.3 Å². The fraction of sp³-hybridized carbons (Fsp3) is 0.833. The van der Waals surface area contributed by atoms with E-state index in [0.717, 1.165) is 0 Å². The summed E-state index contributed by atoms with van der Waals surface area (Å²) in [4.78, 5) is 0.0661. The van der Waals surface area contributed by atoms with Gasteiger partial charge in [0.1, 0.15) is 6.34 Å². The van der Waals surface area contributed by atoms with Crippen LogP contribution in [0, 0.1) is 0 Å². The van der Waals surface area contributed by atoms with Gasteiger partial charge in [0, 0.05) is 0 Å². The molecule has 19 heavy (non-hydrogen) atoms. The van der Waals surface area contributed by atoms with Gasteiger partial charge in [-0.15, -0.1) is 0 Å². The minimum Gasteiger partial charge on any atom is -0.298 e. The second-order valence-electron chi connectivity index (χ2n) is 3.34. The molecule has 0 aromatic heterocycles. The van der Waals surface area contributed by atoms with Crippen LogP contribution in [0.2, 0.25) is 0 Å². The van der Waals surface area contributed by atoms with E-state index in [-0.39, 0.29) is 4.90 Å². The molecule has 0 aliphatic carbocycles. The lowest BCUT2D eigenvalue weighted by atomic mass is 10.2. The van der Waals surface area contributed by atoms with E-state index in [1.54, 1.807) is 0 Å². The van der Waals surface area contributed by atoms with Gasteiger partial charge in [0.2, 0.25) is 8.25 Å². The molecule has 13 heteroatoms. The van der Waals surface area contributed by atoms with Gasteiger partial charge >= 0.3 is 12.1 Å². The second-order valence-corrected chi connectivity index (χ2v) is 6.91. The van der Waals surface area contributed by atoms with Crippen LogP contribution in [0.1, 0.15) is 0 Å². The van der Waals surface area contributed by atoms with Crippen molar-refractivity contribution in [1.29, 1.82) is 0 Å². The van der Waals surface area contributed by atoms with E-state index >= 15 is 0 Å². The third kappa shape index (κ3) is 3.02. The Balaban J connectivity index is 3.14. The molecule has 3 nitrogen and oxygen atoms in total. The van der Waals surface area contributed by atoms with E-state index in [2.05, 4.69) is 5.10 Å². The van der Waals surface area contributed by atoms with Gasteiger partial charge in [0.15, 0.2) is 6.17 Å². The summed E-state index contributed by atoms with van der Waals surface area (Å²) in [6.07, 6.45) is -8.15. The molecule has 1 atom stereocenters. The molecule has 0 radical (unpaired) electrons. The molecule has 0 aromatic carbocycles. The average molecular weight is 389 g/mol. The Labute approximate surface area is 128 Å². The predicted molar refractivity (Wildman–Crippen MR) is 63.0 cm³/mol. The van der Waals surface area contributed by atoms with E-state index in [1.165, 1.54) is 5.43 Å². The van der Waals surface area contributed by atoms with Crippen molar-refractivity contribution in [3.8, 4) is 0 Å². The number of nitrogens with zero attached hydrogens (tertiary/aromatic N) is 2. The zero-order chi connectivity index (χ0) is 15.3. The number of alkyl halides is 10. The van der Waals surface area contributed by atoms with E-state index in [0.29, 0.717) is 6.34 Å². The number of hydrogen-bond donors (Lipinski definition) is 1. The average Bonchev–Trinajstić information content (AvgIpc) is 2.62. The molecule has 1 aliphatic rings. The van der Waals surface area contributed by atoms with Crippen molar-refractivity contribution in [1.82, 2.24) is 10.3 Å². The lowest BCUT2D eigenvalue weighted by Crippen LogP contribution is -2.63.